The molecule has 0 aliphatic heterocycles. The van der Waals surface area contributed by atoms with Gasteiger partial charge in [-0.15, -0.1) is 0 Å². The van der Waals surface area contributed by atoms with Crippen molar-refractivity contribution in [3.05, 3.63) is 35.4 Å². The van der Waals surface area contributed by atoms with Crippen LogP contribution in [0.4, 0.5) is 4.79 Å². The molecule has 0 atom stereocenters. The van der Waals surface area contributed by atoms with Crippen LogP contribution in [0.5, 0.6) is 0 Å². The molecule has 96 valence electrons. The van der Waals surface area contributed by atoms with Crippen LogP contribution in [0.3, 0.4) is 0 Å². The average Bonchev–Trinajstić information content (AvgIpc) is 2.39. The quantitative estimate of drug-likeness (QED) is 0.846. The van der Waals surface area contributed by atoms with Crippen LogP contribution < -0.4 is 11.1 Å². The van der Waals surface area contributed by atoms with Gasteiger partial charge in [0.1, 0.15) is 0 Å². The van der Waals surface area contributed by atoms with Crippen LogP contribution in [0, 0.1) is 0 Å². The van der Waals surface area contributed by atoms with Crippen LogP contribution in [0.1, 0.15) is 31.9 Å². The molecule has 0 fully saturated rings. The van der Waals surface area contributed by atoms with E-state index in [1.807, 2.05) is 38.1 Å². The SMILES string of the molecule is CC.CCOC(=O)NCc1cccc(CN)c1. The van der Waals surface area contributed by atoms with E-state index in [4.69, 9.17) is 10.5 Å². The zero-order chi connectivity index (χ0) is 13.1. The third-order valence-corrected chi connectivity index (χ3v) is 1.94. The lowest BCUT2D eigenvalue weighted by Crippen LogP contribution is -2.23. The van der Waals surface area contributed by atoms with E-state index in [-0.39, 0.29) is 0 Å². The fraction of sp³-hybridized carbons (Fsp3) is 0.462. The lowest BCUT2D eigenvalue weighted by molar-refractivity contribution is 0.151. The number of ether oxygens (including phenoxy) is 1. The molecule has 1 rings (SSSR count). The second-order valence-electron chi connectivity index (χ2n) is 3.10. The van der Waals surface area contributed by atoms with Crippen molar-refractivity contribution >= 4 is 6.09 Å². The van der Waals surface area contributed by atoms with Gasteiger partial charge in [0, 0.05) is 13.1 Å². The Bertz CT molecular complexity index is 327. The molecular formula is C13H22N2O2. The van der Waals surface area contributed by atoms with Gasteiger partial charge >= 0.3 is 6.09 Å². The molecule has 4 heteroatoms. The number of amides is 1. The summed E-state index contributed by atoms with van der Waals surface area (Å²) in [6.45, 7) is 7.13. The van der Waals surface area contributed by atoms with Gasteiger partial charge in [-0.05, 0) is 18.1 Å². The van der Waals surface area contributed by atoms with E-state index in [1.165, 1.54) is 0 Å². The summed E-state index contributed by atoms with van der Waals surface area (Å²) in [5, 5.41) is 2.65. The highest BCUT2D eigenvalue weighted by Gasteiger charge is 2.00. The standard InChI is InChI=1S/C11H16N2O2.C2H6/c1-2-15-11(14)13-8-10-5-3-4-9(6-10)7-12;1-2/h3-6H,2,7-8,12H2,1H3,(H,13,14);1-2H3. The maximum Gasteiger partial charge on any atom is 0.407 e. The largest absolute Gasteiger partial charge is 0.450 e. The van der Waals surface area contributed by atoms with Crippen molar-refractivity contribution in [2.24, 2.45) is 5.73 Å². The Morgan fingerprint density at radius 3 is 2.59 bits per heavy atom. The normalized spacial score (nSPS) is 8.94. The van der Waals surface area contributed by atoms with Crippen molar-refractivity contribution in [1.29, 1.82) is 0 Å². The van der Waals surface area contributed by atoms with Gasteiger partial charge in [-0.25, -0.2) is 4.79 Å². The molecule has 1 aromatic carbocycles. The van der Waals surface area contributed by atoms with Crippen molar-refractivity contribution < 1.29 is 9.53 Å². The smallest absolute Gasteiger partial charge is 0.407 e. The molecule has 3 N–H and O–H groups in total. The lowest BCUT2D eigenvalue weighted by Gasteiger charge is -2.06. The minimum atomic E-state index is -0.393. The molecule has 0 saturated heterocycles. The van der Waals surface area contributed by atoms with Gasteiger partial charge in [-0.3, -0.25) is 0 Å². The molecule has 0 heterocycles. The van der Waals surface area contributed by atoms with E-state index in [0.29, 0.717) is 19.7 Å². The van der Waals surface area contributed by atoms with Crippen molar-refractivity contribution in [1.82, 2.24) is 5.32 Å². The highest BCUT2D eigenvalue weighted by Crippen LogP contribution is 2.04. The minimum Gasteiger partial charge on any atom is -0.450 e. The Morgan fingerprint density at radius 1 is 1.35 bits per heavy atom. The van der Waals surface area contributed by atoms with Crippen LogP contribution >= 0.6 is 0 Å². The Morgan fingerprint density at radius 2 is 2.00 bits per heavy atom. The van der Waals surface area contributed by atoms with Crippen LogP contribution in [-0.2, 0) is 17.8 Å². The summed E-state index contributed by atoms with van der Waals surface area (Å²) in [5.74, 6) is 0. The van der Waals surface area contributed by atoms with E-state index in [0.717, 1.165) is 11.1 Å². The molecule has 0 aliphatic rings. The van der Waals surface area contributed by atoms with Crippen molar-refractivity contribution in [2.45, 2.75) is 33.9 Å². The highest BCUT2D eigenvalue weighted by atomic mass is 16.5. The number of nitrogens with one attached hydrogen (secondary N) is 1. The van der Waals surface area contributed by atoms with E-state index >= 15 is 0 Å². The van der Waals surface area contributed by atoms with E-state index in [9.17, 15) is 4.79 Å². The van der Waals surface area contributed by atoms with Crippen LogP contribution in [0.25, 0.3) is 0 Å². The summed E-state index contributed by atoms with van der Waals surface area (Å²) >= 11 is 0. The van der Waals surface area contributed by atoms with Crippen LogP contribution in [0.15, 0.2) is 24.3 Å². The summed E-state index contributed by atoms with van der Waals surface area (Å²) < 4.78 is 4.75. The first-order chi connectivity index (χ1) is 8.26. The van der Waals surface area contributed by atoms with E-state index in [2.05, 4.69) is 5.32 Å². The number of alkyl carbamates (subject to hydrolysis) is 1. The second kappa shape index (κ2) is 9.66. The fourth-order valence-electron chi connectivity index (χ4n) is 1.22. The third kappa shape index (κ3) is 6.58. The fourth-order valence-corrected chi connectivity index (χ4v) is 1.22. The number of carbonyl (C=O) groups excluding carboxylic acids is 1. The summed E-state index contributed by atoms with van der Waals surface area (Å²) in [6, 6.07) is 7.77. The maximum atomic E-state index is 11.0. The summed E-state index contributed by atoms with van der Waals surface area (Å²) in [4.78, 5) is 11.0. The van der Waals surface area contributed by atoms with Gasteiger partial charge in [0.2, 0.25) is 0 Å². The van der Waals surface area contributed by atoms with E-state index in [1.54, 1.807) is 6.92 Å². The molecule has 0 spiro atoms. The number of hydrogen-bond donors (Lipinski definition) is 2. The zero-order valence-corrected chi connectivity index (χ0v) is 10.8. The lowest BCUT2D eigenvalue weighted by atomic mass is 10.1. The average molecular weight is 238 g/mol. The molecular weight excluding hydrogens is 216 g/mol. The summed E-state index contributed by atoms with van der Waals surface area (Å²) in [5.41, 5.74) is 7.58. The van der Waals surface area contributed by atoms with Gasteiger partial charge in [-0.1, -0.05) is 38.1 Å². The van der Waals surface area contributed by atoms with Crippen LogP contribution in [-0.4, -0.2) is 12.7 Å². The van der Waals surface area contributed by atoms with Gasteiger partial charge in [0.25, 0.3) is 0 Å². The predicted molar refractivity (Wildman–Crippen MR) is 69.5 cm³/mol. The van der Waals surface area contributed by atoms with Gasteiger partial charge in [0.05, 0.1) is 6.61 Å². The molecule has 0 aliphatic carbocycles. The highest BCUT2D eigenvalue weighted by molar-refractivity contribution is 5.67. The summed E-state index contributed by atoms with van der Waals surface area (Å²) in [6.07, 6.45) is -0.393. The molecule has 0 bridgehead atoms. The van der Waals surface area contributed by atoms with Gasteiger partial charge in [-0.2, -0.15) is 0 Å². The number of carbonyl (C=O) groups is 1. The second-order valence-corrected chi connectivity index (χ2v) is 3.10. The number of nitrogens with two attached hydrogens (primary N) is 1. The van der Waals surface area contributed by atoms with Crippen molar-refractivity contribution in [3.63, 3.8) is 0 Å². The molecule has 0 aromatic heterocycles. The summed E-state index contributed by atoms with van der Waals surface area (Å²) in [7, 11) is 0. The van der Waals surface area contributed by atoms with Crippen LogP contribution in [0.2, 0.25) is 0 Å². The van der Waals surface area contributed by atoms with Gasteiger partial charge < -0.3 is 15.8 Å². The zero-order valence-electron chi connectivity index (χ0n) is 10.8. The maximum absolute atomic E-state index is 11.0. The van der Waals surface area contributed by atoms with Gasteiger partial charge in [0.15, 0.2) is 0 Å². The third-order valence-electron chi connectivity index (χ3n) is 1.94. The molecule has 0 saturated carbocycles. The topological polar surface area (TPSA) is 64.3 Å². The Hall–Kier alpha value is -1.55. The Kier molecular flexibility index (Phi) is 8.78. The molecule has 0 unspecified atom stereocenters. The van der Waals surface area contributed by atoms with Crippen molar-refractivity contribution in [2.75, 3.05) is 6.61 Å². The Balaban J connectivity index is 0.00000121. The number of benzene rings is 1. The first kappa shape index (κ1) is 15.4. The number of rotatable bonds is 4. The molecule has 1 aromatic rings. The molecule has 17 heavy (non-hydrogen) atoms. The first-order valence-corrected chi connectivity index (χ1v) is 5.94. The molecule has 1 amide bonds. The minimum absolute atomic E-state index is 0.384. The first-order valence-electron chi connectivity index (χ1n) is 5.94. The number of hydrogen-bond acceptors (Lipinski definition) is 3. The Labute approximate surface area is 103 Å². The monoisotopic (exact) mass is 238 g/mol. The molecule has 4 nitrogen and oxygen atoms in total. The molecule has 0 radical (unpaired) electrons. The van der Waals surface area contributed by atoms with Crippen molar-refractivity contribution in [3.8, 4) is 0 Å². The predicted octanol–water partition coefficient (Wildman–Crippen LogP) is 2.42. The van der Waals surface area contributed by atoms with E-state index < -0.39 is 6.09 Å².